The molecule has 1 heterocycles. The van der Waals surface area contributed by atoms with Crippen LogP contribution in [0.1, 0.15) is 22.7 Å². The fourth-order valence-corrected chi connectivity index (χ4v) is 3.96. The zero-order valence-electron chi connectivity index (χ0n) is 18.5. The van der Waals surface area contributed by atoms with E-state index in [-0.39, 0.29) is 22.5 Å². The average molecular weight is 498 g/mol. The number of ketones is 1. The Hall–Kier alpha value is -4.67. The van der Waals surface area contributed by atoms with Crippen molar-refractivity contribution in [2.75, 3.05) is 12.0 Å². The van der Waals surface area contributed by atoms with Gasteiger partial charge in [0.2, 0.25) is 0 Å². The van der Waals surface area contributed by atoms with Crippen molar-refractivity contribution < 1.29 is 37.5 Å². The fourth-order valence-electron chi connectivity index (χ4n) is 3.96. The Labute approximate surface area is 202 Å². The summed E-state index contributed by atoms with van der Waals surface area (Å²) in [5.41, 5.74) is -1.46. The molecule has 1 atom stereocenters. The largest absolute Gasteiger partial charge is 0.507 e. The van der Waals surface area contributed by atoms with Gasteiger partial charge in [-0.15, -0.1) is 0 Å². The van der Waals surface area contributed by atoms with E-state index in [1.165, 1.54) is 31.4 Å². The van der Waals surface area contributed by atoms with Crippen molar-refractivity contribution in [1.82, 2.24) is 0 Å². The molecule has 0 aromatic heterocycles. The molecule has 1 amide bonds. The fraction of sp³-hybridized carbons (Fsp3) is 0.120. The van der Waals surface area contributed by atoms with Gasteiger partial charge in [0.1, 0.15) is 11.5 Å². The molecule has 8 nitrogen and oxygen atoms in total. The number of alkyl halides is 3. The number of non-ortho nitro benzene ring substituents is 1. The highest BCUT2D eigenvalue weighted by Gasteiger charge is 2.47. The van der Waals surface area contributed by atoms with Gasteiger partial charge in [-0.05, 0) is 42.0 Å². The van der Waals surface area contributed by atoms with Crippen LogP contribution in [0.5, 0.6) is 5.75 Å². The number of aliphatic hydroxyl groups excluding tert-OH is 1. The van der Waals surface area contributed by atoms with Crippen molar-refractivity contribution in [3.63, 3.8) is 0 Å². The Balaban J connectivity index is 1.93. The van der Waals surface area contributed by atoms with Crippen molar-refractivity contribution in [2.24, 2.45) is 0 Å². The molecule has 1 N–H and O–H groups in total. The van der Waals surface area contributed by atoms with Gasteiger partial charge in [0.25, 0.3) is 17.4 Å². The Morgan fingerprint density at radius 3 is 2.31 bits per heavy atom. The predicted molar refractivity (Wildman–Crippen MR) is 122 cm³/mol. The standard InChI is InChI=1S/C25H17F3N2O6/c1-36-19-7-3-4-14(13-19)21-20(22(31)15-5-2-6-18(12-15)30(34)35)23(32)24(33)29(21)17-10-8-16(9-11-17)25(26,27)28/h2-13,21,31H,1H3/b22-20-. The number of anilines is 1. The molecule has 1 unspecified atom stereocenters. The first-order valence-corrected chi connectivity index (χ1v) is 10.4. The van der Waals surface area contributed by atoms with Crippen molar-refractivity contribution in [2.45, 2.75) is 12.2 Å². The minimum absolute atomic E-state index is 0.0176. The van der Waals surface area contributed by atoms with E-state index in [1.807, 2.05) is 0 Å². The molecule has 0 saturated carbocycles. The molecule has 11 heteroatoms. The first kappa shape index (κ1) is 24.5. The monoisotopic (exact) mass is 498 g/mol. The lowest BCUT2D eigenvalue weighted by Gasteiger charge is -2.26. The van der Waals surface area contributed by atoms with Gasteiger partial charge >= 0.3 is 6.18 Å². The normalized spacial score (nSPS) is 17.3. The summed E-state index contributed by atoms with van der Waals surface area (Å²) in [5, 5.41) is 22.3. The lowest BCUT2D eigenvalue weighted by Crippen LogP contribution is -2.29. The maximum absolute atomic E-state index is 13.1. The van der Waals surface area contributed by atoms with Gasteiger partial charge in [0.15, 0.2) is 0 Å². The van der Waals surface area contributed by atoms with E-state index in [9.17, 15) is 38.0 Å². The number of nitro benzene ring substituents is 1. The van der Waals surface area contributed by atoms with Crippen LogP contribution in [-0.4, -0.2) is 28.8 Å². The summed E-state index contributed by atoms with van der Waals surface area (Å²) in [4.78, 5) is 37.7. The Morgan fingerprint density at radius 2 is 1.69 bits per heavy atom. The molecule has 4 rings (SSSR count). The molecule has 0 bridgehead atoms. The second-order valence-electron chi connectivity index (χ2n) is 7.80. The summed E-state index contributed by atoms with van der Waals surface area (Å²) >= 11 is 0. The smallest absolute Gasteiger partial charge is 0.416 e. The van der Waals surface area contributed by atoms with Crippen LogP contribution in [0.15, 0.2) is 78.4 Å². The summed E-state index contributed by atoms with van der Waals surface area (Å²) < 4.78 is 44.4. The number of carbonyl (C=O) groups is 2. The van der Waals surface area contributed by atoms with E-state index in [4.69, 9.17) is 4.74 Å². The summed E-state index contributed by atoms with van der Waals surface area (Å²) in [6, 6.07) is 13.5. The molecule has 1 fully saturated rings. The number of nitrogens with zero attached hydrogens (tertiary/aromatic N) is 2. The van der Waals surface area contributed by atoms with E-state index in [0.717, 1.165) is 35.2 Å². The van der Waals surface area contributed by atoms with Crippen molar-refractivity contribution in [3.05, 3.63) is 105 Å². The second-order valence-corrected chi connectivity index (χ2v) is 7.80. The summed E-state index contributed by atoms with van der Waals surface area (Å²) in [7, 11) is 1.40. The number of amides is 1. The Morgan fingerprint density at radius 1 is 1.03 bits per heavy atom. The molecule has 1 saturated heterocycles. The van der Waals surface area contributed by atoms with Crippen LogP contribution in [-0.2, 0) is 15.8 Å². The first-order valence-electron chi connectivity index (χ1n) is 10.4. The maximum atomic E-state index is 13.1. The van der Waals surface area contributed by atoms with Crippen molar-refractivity contribution in [1.29, 1.82) is 0 Å². The number of Topliss-reactive ketones (excluding diaryl/α,β-unsaturated/α-hetero) is 1. The first-order chi connectivity index (χ1) is 17.0. The SMILES string of the molecule is COc1cccc(C2/C(=C(/O)c3cccc([N+](=O)[O-])c3)C(=O)C(=O)N2c2ccc(C(F)(F)F)cc2)c1. The average Bonchev–Trinajstić information content (AvgIpc) is 3.13. The van der Waals surface area contributed by atoms with Gasteiger partial charge in [0, 0.05) is 23.4 Å². The van der Waals surface area contributed by atoms with E-state index < -0.39 is 40.2 Å². The number of ether oxygens (including phenoxy) is 1. The quantitative estimate of drug-likeness (QED) is 0.169. The molecule has 0 spiro atoms. The molecule has 1 aliphatic rings. The van der Waals surface area contributed by atoms with Gasteiger partial charge in [-0.2, -0.15) is 13.2 Å². The second kappa shape index (κ2) is 9.17. The van der Waals surface area contributed by atoms with Crippen molar-refractivity contribution in [3.8, 4) is 5.75 Å². The number of hydrogen-bond acceptors (Lipinski definition) is 6. The summed E-state index contributed by atoms with van der Waals surface area (Å²) in [6.45, 7) is 0. The lowest BCUT2D eigenvalue weighted by atomic mass is 9.94. The molecule has 0 aliphatic carbocycles. The van der Waals surface area contributed by atoms with Crippen LogP contribution in [0.2, 0.25) is 0 Å². The van der Waals surface area contributed by atoms with Gasteiger partial charge in [-0.1, -0.05) is 24.3 Å². The predicted octanol–water partition coefficient (Wildman–Crippen LogP) is 5.25. The third-order valence-electron chi connectivity index (χ3n) is 5.66. The van der Waals surface area contributed by atoms with E-state index in [0.29, 0.717) is 11.3 Å². The van der Waals surface area contributed by atoms with Crippen LogP contribution >= 0.6 is 0 Å². The molecule has 36 heavy (non-hydrogen) atoms. The van der Waals surface area contributed by atoms with Crippen LogP contribution in [0.3, 0.4) is 0 Å². The number of methoxy groups -OCH3 is 1. The highest BCUT2D eigenvalue weighted by molar-refractivity contribution is 6.51. The van der Waals surface area contributed by atoms with Gasteiger partial charge < -0.3 is 9.84 Å². The molecular weight excluding hydrogens is 481 g/mol. The zero-order chi connectivity index (χ0) is 26.2. The lowest BCUT2D eigenvalue weighted by molar-refractivity contribution is -0.384. The third-order valence-corrected chi connectivity index (χ3v) is 5.66. The van der Waals surface area contributed by atoms with Gasteiger partial charge in [0.05, 0.1) is 29.2 Å². The highest BCUT2D eigenvalue weighted by Crippen LogP contribution is 2.43. The Kier molecular flexibility index (Phi) is 6.23. The number of halogens is 3. The Bertz CT molecular complexity index is 1400. The van der Waals surface area contributed by atoms with E-state index >= 15 is 0 Å². The number of hydrogen-bond donors (Lipinski definition) is 1. The van der Waals surface area contributed by atoms with Gasteiger partial charge in [-0.3, -0.25) is 24.6 Å². The number of nitro groups is 1. The minimum atomic E-state index is -4.61. The maximum Gasteiger partial charge on any atom is 0.416 e. The molecular formula is C25H17F3N2O6. The molecule has 3 aromatic rings. The number of rotatable bonds is 5. The topological polar surface area (TPSA) is 110 Å². The van der Waals surface area contributed by atoms with Crippen LogP contribution in [0, 0.1) is 10.1 Å². The van der Waals surface area contributed by atoms with Crippen LogP contribution in [0.25, 0.3) is 5.76 Å². The number of carbonyl (C=O) groups excluding carboxylic acids is 2. The highest BCUT2D eigenvalue weighted by atomic mass is 19.4. The minimum Gasteiger partial charge on any atom is -0.507 e. The summed E-state index contributed by atoms with van der Waals surface area (Å²) in [5.74, 6) is -2.50. The molecule has 184 valence electrons. The third kappa shape index (κ3) is 4.38. The zero-order valence-corrected chi connectivity index (χ0v) is 18.5. The van der Waals surface area contributed by atoms with Gasteiger partial charge in [-0.25, -0.2) is 0 Å². The van der Waals surface area contributed by atoms with Crippen molar-refractivity contribution >= 4 is 28.8 Å². The van der Waals surface area contributed by atoms with E-state index in [1.54, 1.807) is 18.2 Å². The van der Waals surface area contributed by atoms with Crippen LogP contribution in [0.4, 0.5) is 24.5 Å². The summed E-state index contributed by atoms with van der Waals surface area (Å²) in [6.07, 6.45) is -4.61. The van der Waals surface area contributed by atoms with E-state index in [2.05, 4.69) is 0 Å². The number of aliphatic hydroxyl groups is 1. The molecule has 1 aliphatic heterocycles. The molecule has 3 aromatic carbocycles. The molecule has 0 radical (unpaired) electrons. The van der Waals surface area contributed by atoms with Crippen LogP contribution < -0.4 is 9.64 Å². The number of benzene rings is 3.